The molecule has 5 heteroatoms. The number of rotatable bonds is 3. The number of thioether (sulfide) groups is 1. The molecule has 2 aliphatic heterocycles. The van der Waals surface area contributed by atoms with Crippen molar-refractivity contribution in [2.24, 2.45) is 10.9 Å². The second-order valence-corrected chi connectivity index (χ2v) is 6.52. The summed E-state index contributed by atoms with van der Waals surface area (Å²) in [6, 6.07) is 6.38. The van der Waals surface area contributed by atoms with E-state index < -0.39 is 0 Å². The van der Waals surface area contributed by atoms with E-state index in [2.05, 4.69) is 19.2 Å². The van der Waals surface area contributed by atoms with Gasteiger partial charge in [0.05, 0.1) is 6.04 Å². The highest BCUT2D eigenvalue weighted by Crippen LogP contribution is 2.33. The highest BCUT2D eigenvalue weighted by atomic mass is 32.2. The molecule has 108 valence electrons. The van der Waals surface area contributed by atoms with Crippen LogP contribution >= 0.6 is 11.8 Å². The van der Waals surface area contributed by atoms with Crippen molar-refractivity contribution < 1.29 is 9.47 Å². The van der Waals surface area contributed by atoms with Crippen LogP contribution in [0.4, 0.5) is 5.69 Å². The fraction of sp³-hybridized carbons (Fsp3) is 0.533. The molecule has 4 nitrogen and oxygen atoms in total. The molecule has 1 N–H and O–H groups in total. The van der Waals surface area contributed by atoms with Gasteiger partial charge in [-0.25, -0.2) is 0 Å². The van der Waals surface area contributed by atoms with E-state index in [1.165, 1.54) is 0 Å². The molecule has 2 aliphatic rings. The quantitative estimate of drug-likeness (QED) is 0.927. The van der Waals surface area contributed by atoms with Gasteiger partial charge in [-0.3, -0.25) is 4.99 Å². The lowest BCUT2D eigenvalue weighted by atomic mass is 10.1. The minimum Gasteiger partial charge on any atom is -0.486 e. The minimum absolute atomic E-state index is 0.444. The van der Waals surface area contributed by atoms with E-state index in [4.69, 9.17) is 14.5 Å². The predicted molar refractivity (Wildman–Crippen MR) is 84.2 cm³/mol. The van der Waals surface area contributed by atoms with Gasteiger partial charge in [0, 0.05) is 17.5 Å². The molecule has 2 heterocycles. The van der Waals surface area contributed by atoms with Crippen molar-refractivity contribution in [2.75, 3.05) is 24.3 Å². The Kier molecular flexibility index (Phi) is 4.05. The maximum absolute atomic E-state index is 5.59. The summed E-state index contributed by atoms with van der Waals surface area (Å²) in [5, 5.41) is 4.38. The minimum atomic E-state index is 0.444. The van der Waals surface area contributed by atoms with Crippen molar-refractivity contribution in [2.45, 2.75) is 26.3 Å². The van der Waals surface area contributed by atoms with Gasteiger partial charge in [0.15, 0.2) is 16.7 Å². The first-order chi connectivity index (χ1) is 9.70. The zero-order valence-corrected chi connectivity index (χ0v) is 12.7. The lowest BCUT2D eigenvalue weighted by Crippen LogP contribution is -2.15. The van der Waals surface area contributed by atoms with Crippen LogP contribution in [-0.4, -0.2) is 30.2 Å². The fourth-order valence-electron chi connectivity index (χ4n) is 2.39. The number of nitrogens with zero attached hydrogens (tertiary/aromatic N) is 1. The largest absolute Gasteiger partial charge is 0.486 e. The van der Waals surface area contributed by atoms with Crippen molar-refractivity contribution in [1.82, 2.24) is 0 Å². The van der Waals surface area contributed by atoms with E-state index in [1.807, 2.05) is 18.2 Å². The number of aliphatic imine (C=N–C) groups is 1. The van der Waals surface area contributed by atoms with E-state index in [1.54, 1.807) is 11.8 Å². The molecular weight excluding hydrogens is 272 g/mol. The Balaban J connectivity index is 1.66. The summed E-state index contributed by atoms with van der Waals surface area (Å²) in [6.07, 6.45) is 1.15. The van der Waals surface area contributed by atoms with E-state index in [-0.39, 0.29) is 0 Å². The third kappa shape index (κ3) is 3.20. The number of nitrogens with one attached hydrogen (secondary N) is 1. The summed E-state index contributed by atoms with van der Waals surface area (Å²) in [5.41, 5.74) is 1.01. The van der Waals surface area contributed by atoms with E-state index >= 15 is 0 Å². The van der Waals surface area contributed by atoms with Crippen LogP contribution in [0.2, 0.25) is 0 Å². The SMILES string of the molecule is CC(C)CC1CSC(Nc2ccc3c(c2)OCCO3)=N1. The van der Waals surface area contributed by atoms with Crippen LogP contribution in [0, 0.1) is 5.92 Å². The Morgan fingerprint density at radius 1 is 1.30 bits per heavy atom. The smallest absolute Gasteiger partial charge is 0.163 e. The zero-order chi connectivity index (χ0) is 13.9. The van der Waals surface area contributed by atoms with Gasteiger partial charge in [-0.05, 0) is 24.5 Å². The second kappa shape index (κ2) is 5.95. The molecule has 0 spiro atoms. The first kappa shape index (κ1) is 13.6. The van der Waals surface area contributed by atoms with E-state index in [9.17, 15) is 0 Å². The Morgan fingerprint density at radius 3 is 2.90 bits per heavy atom. The van der Waals surface area contributed by atoms with Crippen LogP contribution in [0.3, 0.4) is 0 Å². The van der Waals surface area contributed by atoms with Gasteiger partial charge in [-0.15, -0.1) is 0 Å². The fourth-order valence-corrected chi connectivity index (χ4v) is 3.37. The van der Waals surface area contributed by atoms with Gasteiger partial charge < -0.3 is 14.8 Å². The number of benzene rings is 1. The number of anilines is 1. The van der Waals surface area contributed by atoms with E-state index in [0.29, 0.717) is 25.2 Å². The van der Waals surface area contributed by atoms with Gasteiger partial charge in [-0.2, -0.15) is 0 Å². The molecule has 3 rings (SSSR count). The lowest BCUT2D eigenvalue weighted by molar-refractivity contribution is 0.171. The highest BCUT2D eigenvalue weighted by molar-refractivity contribution is 8.14. The normalized spacial score (nSPS) is 20.9. The molecule has 1 aromatic carbocycles. The molecule has 1 aromatic rings. The van der Waals surface area contributed by atoms with Crippen molar-refractivity contribution in [3.63, 3.8) is 0 Å². The number of fused-ring (bicyclic) bond motifs is 1. The molecule has 0 aromatic heterocycles. The van der Waals surface area contributed by atoms with Gasteiger partial charge in [0.25, 0.3) is 0 Å². The van der Waals surface area contributed by atoms with Crippen LogP contribution < -0.4 is 14.8 Å². The van der Waals surface area contributed by atoms with Crippen LogP contribution in [0.1, 0.15) is 20.3 Å². The van der Waals surface area contributed by atoms with Crippen LogP contribution in [0.25, 0.3) is 0 Å². The maximum atomic E-state index is 5.59. The molecule has 0 bridgehead atoms. The molecule has 0 saturated carbocycles. The molecule has 0 fully saturated rings. The standard InChI is InChI=1S/C15H20N2O2S/c1-10(2)7-12-9-20-15(17-12)16-11-3-4-13-14(8-11)19-6-5-18-13/h3-4,8,10,12H,5-7,9H2,1-2H3,(H,16,17). The van der Waals surface area contributed by atoms with Crippen molar-refractivity contribution >= 4 is 22.6 Å². The Labute approximate surface area is 123 Å². The van der Waals surface area contributed by atoms with Gasteiger partial charge in [0.2, 0.25) is 0 Å². The van der Waals surface area contributed by atoms with Gasteiger partial charge >= 0.3 is 0 Å². The third-order valence-electron chi connectivity index (χ3n) is 3.25. The maximum Gasteiger partial charge on any atom is 0.163 e. The Hall–Kier alpha value is -1.36. The number of hydrogen-bond donors (Lipinski definition) is 1. The van der Waals surface area contributed by atoms with Crippen LogP contribution in [0.5, 0.6) is 11.5 Å². The summed E-state index contributed by atoms with van der Waals surface area (Å²) >= 11 is 1.79. The first-order valence-electron chi connectivity index (χ1n) is 7.08. The zero-order valence-electron chi connectivity index (χ0n) is 11.9. The molecule has 0 radical (unpaired) electrons. The number of amidine groups is 1. The lowest BCUT2D eigenvalue weighted by Gasteiger charge is -2.19. The summed E-state index contributed by atoms with van der Waals surface area (Å²) in [7, 11) is 0. The first-order valence-corrected chi connectivity index (χ1v) is 8.06. The average molecular weight is 292 g/mol. The monoisotopic (exact) mass is 292 g/mol. The molecule has 0 aliphatic carbocycles. The predicted octanol–water partition coefficient (Wildman–Crippen LogP) is 3.39. The molecule has 20 heavy (non-hydrogen) atoms. The summed E-state index contributed by atoms with van der Waals surface area (Å²) in [4.78, 5) is 4.73. The number of ether oxygens (including phenoxy) is 2. The van der Waals surface area contributed by atoms with Crippen LogP contribution in [0.15, 0.2) is 23.2 Å². The molecule has 0 saturated heterocycles. The summed E-state index contributed by atoms with van der Waals surface area (Å²) in [6.45, 7) is 5.72. The van der Waals surface area contributed by atoms with Crippen LogP contribution in [-0.2, 0) is 0 Å². The third-order valence-corrected chi connectivity index (χ3v) is 4.28. The van der Waals surface area contributed by atoms with Crippen molar-refractivity contribution in [3.05, 3.63) is 18.2 Å². The van der Waals surface area contributed by atoms with Crippen molar-refractivity contribution in [1.29, 1.82) is 0 Å². The highest BCUT2D eigenvalue weighted by Gasteiger charge is 2.20. The molecule has 1 atom stereocenters. The molecule has 0 amide bonds. The Morgan fingerprint density at radius 2 is 2.10 bits per heavy atom. The Bertz CT molecular complexity index is 517. The van der Waals surface area contributed by atoms with Gasteiger partial charge in [0.1, 0.15) is 13.2 Å². The van der Waals surface area contributed by atoms with E-state index in [0.717, 1.165) is 34.5 Å². The topological polar surface area (TPSA) is 42.8 Å². The van der Waals surface area contributed by atoms with Crippen molar-refractivity contribution in [3.8, 4) is 11.5 Å². The summed E-state index contributed by atoms with van der Waals surface area (Å²) < 4.78 is 11.1. The summed E-state index contributed by atoms with van der Waals surface area (Å²) in [5.74, 6) is 3.40. The molecular formula is C15H20N2O2S. The average Bonchev–Trinajstić information content (AvgIpc) is 2.85. The van der Waals surface area contributed by atoms with Gasteiger partial charge in [-0.1, -0.05) is 25.6 Å². The number of hydrogen-bond acceptors (Lipinski definition) is 5. The molecule has 1 unspecified atom stereocenters. The second-order valence-electron chi connectivity index (χ2n) is 5.51.